The summed E-state index contributed by atoms with van der Waals surface area (Å²) in [6, 6.07) is 6.74. The summed E-state index contributed by atoms with van der Waals surface area (Å²) in [7, 11) is 0. The summed E-state index contributed by atoms with van der Waals surface area (Å²) in [5.41, 5.74) is 0.698. The van der Waals surface area contributed by atoms with Gasteiger partial charge in [0.05, 0.1) is 6.42 Å². The molecule has 1 aromatic carbocycles. The number of carbonyl (C=O) groups excluding carboxylic acids is 1. The molecule has 0 aliphatic heterocycles. The molecule has 2 N–H and O–H groups in total. The van der Waals surface area contributed by atoms with E-state index >= 15 is 0 Å². The Morgan fingerprint density at radius 2 is 1.95 bits per heavy atom. The van der Waals surface area contributed by atoms with Gasteiger partial charge in [-0.25, -0.2) is 4.39 Å². The minimum absolute atomic E-state index is 0.0467. The zero-order valence-electron chi connectivity index (χ0n) is 11.9. The van der Waals surface area contributed by atoms with Crippen LogP contribution in [-0.4, -0.2) is 16.6 Å². The Kier molecular flexibility index (Phi) is 5.39. The van der Waals surface area contributed by atoms with E-state index in [0.29, 0.717) is 11.1 Å². The minimum Gasteiger partial charge on any atom is -0.358 e. The molecule has 0 aromatic heterocycles. The van der Waals surface area contributed by atoms with Crippen LogP contribution in [0.15, 0.2) is 30.8 Å². The largest absolute Gasteiger partial charge is 0.358 e. The maximum Gasteiger partial charge on any atom is 0.230 e. The summed E-state index contributed by atoms with van der Waals surface area (Å²) in [5, 5.41) is 5.82. The second kappa shape index (κ2) is 6.61. The summed E-state index contributed by atoms with van der Waals surface area (Å²) in [5.74, 6) is -0.843. The highest BCUT2D eigenvalue weighted by Gasteiger charge is 2.14. The van der Waals surface area contributed by atoms with Crippen molar-refractivity contribution in [3.8, 4) is 0 Å². The lowest BCUT2D eigenvalue weighted by Gasteiger charge is -2.22. The molecule has 20 heavy (non-hydrogen) atoms. The van der Waals surface area contributed by atoms with Crippen molar-refractivity contribution >= 4 is 29.1 Å². The summed E-state index contributed by atoms with van der Waals surface area (Å²) < 4.78 is 13.3. The molecule has 0 unspecified atom stereocenters. The van der Waals surface area contributed by atoms with Crippen LogP contribution in [-0.2, 0) is 11.2 Å². The van der Waals surface area contributed by atoms with Crippen molar-refractivity contribution < 1.29 is 9.18 Å². The van der Waals surface area contributed by atoms with Crippen molar-refractivity contribution in [2.45, 2.75) is 32.7 Å². The van der Waals surface area contributed by atoms with Crippen LogP contribution in [0.4, 0.5) is 4.39 Å². The number of hydrogen-bond donors (Lipinski definition) is 2. The first-order chi connectivity index (χ1) is 9.19. The van der Waals surface area contributed by atoms with E-state index in [1.807, 2.05) is 20.8 Å². The fourth-order valence-corrected chi connectivity index (χ4v) is 2.07. The van der Waals surface area contributed by atoms with Crippen LogP contribution in [0.2, 0.25) is 0 Å². The molecule has 0 saturated heterocycles. The molecule has 0 spiro atoms. The SMILES string of the molecule is C=C(F)c1ccccc1CC(=O)NC(=S)NC(C)(C)C. The number of benzene rings is 1. The first-order valence-electron chi connectivity index (χ1n) is 6.24. The quantitative estimate of drug-likeness (QED) is 0.842. The van der Waals surface area contributed by atoms with E-state index in [9.17, 15) is 9.18 Å². The van der Waals surface area contributed by atoms with E-state index in [1.165, 1.54) is 0 Å². The smallest absolute Gasteiger partial charge is 0.230 e. The third-order valence-electron chi connectivity index (χ3n) is 2.40. The van der Waals surface area contributed by atoms with E-state index < -0.39 is 5.83 Å². The van der Waals surface area contributed by atoms with Crippen molar-refractivity contribution in [3.05, 3.63) is 42.0 Å². The third-order valence-corrected chi connectivity index (χ3v) is 2.61. The summed E-state index contributed by atoms with van der Waals surface area (Å²) in [4.78, 5) is 11.9. The molecule has 1 rings (SSSR count). The molecule has 0 saturated carbocycles. The van der Waals surface area contributed by atoms with E-state index in [2.05, 4.69) is 17.2 Å². The van der Waals surface area contributed by atoms with Crippen molar-refractivity contribution in [2.24, 2.45) is 0 Å². The number of rotatable bonds is 3. The van der Waals surface area contributed by atoms with E-state index in [0.717, 1.165) is 0 Å². The van der Waals surface area contributed by atoms with Crippen LogP contribution in [0.5, 0.6) is 0 Å². The molecular formula is C15H19FN2OS. The lowest BCUT2D eigenvalue weighted by atomic mass is 10.0. The average Bonchev–Trinajstić information content (AvgIpc) is 2.26. The molecule has 0 aliphatic rings. The van der Waals surface area contributed by atoms with Gasteiger partial charge in [0.25, 0.3) is 0 Å². The molecule has 1 aromatic rings. The number of thiocarbonyl (C=S) groups is 1. The first kappa shape index (κ1) is 16.3. The molecule has 108 valence electrons. The maximum atomic E-state index is 13.3. The molecule has 0 atom stereocenters. The number of hydrogen-bond acceptors (Lipinski definition) is 2. The lowest BCUT2D eigenvalue weighted by molar-refractivity contribution is -0.119. The van der Waals surface area contributed by atoms with Crippen LogP contribution >= 0.6 is 12.2 Å². The second-order valence-electron chi connectivity index (χ2n) is 5.49. The molecule has 0 fully saturated rings. The van der Waals surface area contributed by atoms with Crippen LogP contribution in [0.3, 0.4) is 0 Å². The molecule has 0 radical (unpaired) electrons. The van der Waals surface area contributed by atoms with Gasteiger partial charge in [0.15, 0.2) is 5.11 Å². The Labute approximate surface area is 124 Å². The molecule has 0 bridgehead atoms. The van der Waals surface area contributed by atoms with Crippen LogP contribution in [0.1, 0.15) is 31.9 Å². The average molecular weight is 294 g/mol. The van der Waals surface area contributed by atoms with Crippen molar-refractivity contribution in [1.29, 1.82) is 0 Å². The summed E-state index contributed by atoms with van der Waals surface area (Å²) in [6.45, 7) is 9.08. The fraction of sp³-hybridized carbons (Fsp3) is 0.333. The molecule has 0 aliphatic carbocycles. The Balaban J connectivity index is 2.68. The standard InChI is InChI=1S/C15H19FN2OS/c1-10(16)12-8-6-5-7-11(12)9-13(19)17-14(20)18-15(2,3)4/h5-8H,1,9H2,2-4H3,(H2,17,18,19,20). The molecule has 1 amide bonds. The first-order valence-corrected chi connectivity index (χ1v) is 6.64. The third kappa shape index (κ3) is 5.48. The fourth-order valence-electron chi connectivity index (χ4n) is 1.65. The van der Waals surface area contributed by atoms with Crippen LogP contribution < -0.4 is 10.6 Å². The van der Waals surface area contributed by atoms with Gasteiger partial charge in [-0.2, -0.15) is 0 Å². The minimum atomic E-state index is -0.552. The van der Waals surface area contributed by atoms with Crippen molar-refractivity contribution in [1.82, 2.24) is 10.6 Å². The van der Waals surface area contributed by atoms with Crippen molar-refractivity contribution in [3.63, 3.8) is 0 Å². The van der Waals surface area contributed by atoms with Gasteiger partial charge in [-0.15, -0.1) is 0 Å². The normalized spacial score (nSPS) is 10.8. The maximum absolute atomic E-state index is 13.3. The van der Waals surface area contributed by atoms with Gasteiger partial charge in [-0.3, -0.25) is 4.79 Å². The predicted molar refractivity (Wildman–Crippen MR) is 83.9 cm³/mol. The van der Waals surface area contributed by atoms with Gasteiger partial charge >= 0.3 is 0 Å². The second-order valence-corrected chi connectivity index (χ2v) is 5.90. The summed E-state index contributed by atoms with van der Waals surface area (Å²) >= 11 is 5.04. The highest BCUT2D eigenvalue weighted by Crippen LogP contribution is 2.18. The molecule has 5 heteroatoms. The molecule has 0 heterocycles. The Morgan fingerprint density at radius 3 is 2.50 bits per heavy atom. The van der Waals surface area contributed by atoms with Crippen LogP contribution in [0, 0.1) is 0 Å². The van der Waals surface area contributed by atoms with E-state index in [-0.39, 0.29) is 23.0 Å². The van der Waals surface area contributed by atoms with Crippen LogP contribution in [0.25, 0.3) is 5.83 Å². The lowest BCUT2D eigenvalue weighted by Crippen LogP contribution is -2.48. The van der Waals surface area contributed by atoms with Gasteiger partial charge < -0.3 is 10.6 Å². The zero-order chi connectivity index (χ0) is 15.3. The van der Waals surface area contributed by atoms with Gasteiger partial charge in [0.1, 0.15) is 5.83 Å². The van der Waals surface area contributed by atoms with Gasteiger partial charge in [0.2, 0.25) is 5.91 Å². The Bertz CT molecular complexity index is 535. The van der Waals surface area contributed by atoms with E-state index in [1.54, 1.807) is 24.3 Å². The monoisotopic (exact) mass is 294 g/mol. The Hall–Kier alpha value is -1.75. The number of nitrogens with one attached hydrogen (secondary N) is 2. The Morgan fingerprint density at radius 1 is 1.35 bits per heavy atom. The highest BCUT2D eigenvalue weighted by molar-refractivity contribution is 7.80. The molecular weight excluding hydrogens is 275 g/mol. The molecule has 3 nitrogen and oxygen atoms in total. The van der Waals surface area contributed by atoms with Gasteiger partial charge in [0, 0.05) is 11.1 Å². The van der Waals surface area contributed by atoms with Crippen molar-refractivity contribution in [2.75, 3.05) is 0 Å². The number of halogens is 1. The van der Waals surface area contributed by atoms with E-state index in [4.69, 9.17) is 12.2 Å². The number of amides is 1. The topological polar surface area (TPSA) is 41.1 Å². The van der Waals surface area contributed by atoms with Gasteiger partial charge in [-0.1, -0.05) is 30.8 Å². The van der Waals surface area contributed by atoms with Gasteiger partial charge in [-0.05, 0) is 38.6 Å². The zero-order valence-corrected chi connectivity index (χ0v) is 12.7. The highest BCUT2D eigenvalue weighted by atomic mass is 32.1. The predicted octanol–water partition coefficient (Wildman–Crippen LogP) is 2.96. The number of carbonyl (C=O) groups is 1. The summed E-state index contributed by atoms with van der Waals surface area (Å²) in [6.07, 6.45) is 0.0467.